The average Bonchev–Trinajstić information content (AvgIpc) is 2.16. The molecule has 0 saturated carbocycles. The third-order valence-electron chi connectivity index (χ3n) is 2.48. The monoisotopic (exact) mass is 186 g/mol. The summed E-state index contributed by atoms with van der Waals surface area (Å²) < 4.78 is 0. The summed E-state index contributed by atoms with van der Waals surface area (Å²) in [5.41, 5.74) is 9.19. The van der Waals surface area contributed by atoms with Gasteiger partial charge in [-0.15, -0.1) is 0 Å². The molecule has 0 radical (unpaired) electrons. The molecule has 2 N–H and O–H groups in total. The summed E-state index contributed by atoms with van der Waals surface area (Å²) in [6, 6.07) is 6.38. The first-order chi connectivity index (χ1) is 6.72. The van der Waals surface area contributed by atoms with E-state index in [1.807, 2.05) is 12.3 Å². The number of nitrogens with two attached hydrogens (primary N) is 1. The second kappa shape index (κ2) is 3.39. The second-order valence-electron chi connectivity index (χ2n) is 3.64. The Bertz CT molecular complexity index is 475. The highest BCUT2D eigenvalue weighted by molar-refractivity contribution is 5.88. The van der Waals surface area contributed by atoms with Crippen LogP contribution in [0.2, 0.25) is 0 Å². The van der Waals surface area contributed by atoms with Gasteiger partial charge in [-0.2, -0.15) is 0 Å². The number of aromatic nitrogens is 1. The number of nitrogens with zero attached hydrogens (tertiary/aromatic N) is 1. The zero-order chi connectivity index (χ0) is 10.1. The van der Waals surface area contributed by atoms with Gasteiger partial charge in [-0.1, -0.05) is 17.7 Å². The Morgan fingerprint density at radius 2 is 2.07 bits per heavy atom. The van der Waals surface area contributed by atoms with Crippen LogP contribution in [0.3, 0.4) is 0 Å². The van der Waals surface area contributed by atoms with Crippen LogP contribution in [0.25, 0.3) is 10.8 Å². The van der Waals surface area contributed by atoms with E-state index in [0.29, 0.717) is 6.54 Å². The maximum Gasteiger partial charge on any atom is 0.0620 e. The van der Waals surface area contributed by atoms with Crippen molar-refractivity contribution in [2.45, 2.75) is 20.4 Å². The molecule has 14 heavy (non-hydrogen) atoms. The molecular weight excluding hydrogens is 172 g/mol. The molecule has 2 rings (SSSR count). The van der Waals surface area contributed by atoms with Crippen molar-refractivity contribution in [2.75, 3.05) is 0 Å². The lowest BCUT2D eigenvalue weighted by atomic mass is 10.0. The zero-order valence-corrected chi connectivity index (χ0v) is 8.54. The van der Waals surface area contributed by atoms with E-state index in [1.54, 1.807) is 0 Å². The second-order valence-corrected chi connectivity index (χ2v) is 3.64. The van der Waals surface area contributed by atoms with Gasteiger partial charge in [0.1, 0.15) is 0 Å². The van der Waals surface area contributed by atoms with Crippen LogP contribution in [0.5, 0.6) is 0 Å². The fraction of sp³-hybridized carbons (Fsp3) is 0.250. The molecule has 0 spiro atoms. The van der Waals surface area contributed by atoms with Crippen LogP contribution in [0, 0.1) is 13.8 Å². The molecule has 0 aliphatic rings. The van der Waals surface area contributed by atoms with Gasteiger partial charge in [0, 0.05) is 18.1 Å². The van der Waals surface area contributed by atoms with Gasteiger partial charge in [0.25, 0.3) is 0 Å². The molecule has 1 aromatic heterocycles. The van der Waals surface area contributed by atoms with Crippen molar-refractivity contribution in [1.82, 2.24) is 4.98 Å². The highest BCUT2D eigenvalue weighted by atomic mass is 14.7. The minimum Gasteiger partial charge on any atom is -0.325 e. The van der Waals surface area contributed by atoms with Crippen LogP contribution in [-0.2, 0) is 6.54 Å². The van der Waals surface area contributed by atoms with Gasteiger partial charge in [0.15, 0.2) is 0 Å². The van der Waals surface area contributed by atoms with Gasteiger partial charge in [0.2, 0.25) is 0 Å². The number of aryl methyl sites for hydroxylation is 2. The summed E-state index contributed by atoms with van der Waals surface area (Å²) in [6.45, 7) is 4.71. The first kappa shape index (κ1) is 9.16. The molecule has 0 aliphatic carbocycles. The lowest BCUT2D eigenvalue weighted by Crippen LogP contribution is -2.01. The van der Waals surface area contributed by atoms with E-state index in [9.17, 15) is 0 Å². The van der Waals surface area contributed by atoms with Crippen LogP contribution in [-0.4, -0.2) is 4.98 Å². The Morgan fingerprint density at radius 3 is 2.79 bits per heavy atom. The SMILES string of the molecule is Cc1cc(C)c2c(CN)nccc2c1. The molecule has 0 saturated heterocycles. The van der Waals surface area contributed by atoms with Crippen LogP contribution in [0.1, 0.15) is 16.8 Å². The number of hydrogen-bond acceptors (Lipinski definition) is 2. The van der Waals surface area contributed by atoms with Crippen molar-refractivity contribution in [1.29, 1.82) is 0 Å². The van der Waals surface area contributed by atoms with Crippen LogP contribution in [0.4, 0.5) is 0 Å². The molecule has 1 heterocycles. The van der Waals surface area contributed by atoms with E-state index in [1.165, 1.54) is 21.9 Å². The van der Waals surface area contributed by atoms with Gasteiger partial charge in [-0.05, 0) is 30.9 Å². The third kappa shape index (κ3) is 1.38. The van der Waals surface area contributed by atoms with Crippen LogP contribution in [0.15, 0.2) is 24.4 Å². The Balaban J connectivity index is 2.87. The van der Waals surface area contributed by atoms with E-state index in [4.69, 9.17) is 5.73 Å². The molecule has 1 aromatic carbocycles. The number of rotatable bonds is 1. The highest BCUT2D eigenvalue weighted by Crippen LogP contribution is 2.22. The minimum atomic E-state index is 0.501. The molecule has 2 nitrogen and oxygen atoms in total. The maximum absolute atomic E-state index is 5.66. The predicted molar refractivity (Wildman–Crippen MR) is 59.1 cm³/mol. The van der Waals surface area contributed by atoms with Crippen LogP contribution < -0.4 is 5.73 Å². The summed E-state index contributed by atoms with van der Waals surface area (Å²) in [6.07, 6.45) is 1.82. The molecule has 0 aliphatic heterocycles. The maximum atomic E-state index is 5.66. The normalized spacial score (nSPS) is 10.8. The number of hydrogen-bond donors (Lipinski definition) is 1. The first-order valence-corrected chi connectivity index (χ1v) is 4.77. The Kier molecular flexibility index (Phi) is 2.22. The molecule has 2 aromatic rings. The summed E-state index contributed by atoms with van der Waals surface area (Å²) in [7, 11) is 0. The molecule has 0 bridgehead atoms. The van der Waals surface area contributed by atoms with Crippen molar-refractivity contribution < 1.29 is 0 Å². The van der Waals surface area contributed by atoms with Gasteiger partial charge in [0.05, 0.1) is 5.69 Å². The van der Waals surface area contributed by atoms with E-state index < -0.39 is 0 Å². The van der Waals surface area contributed by atoms with Gasteiger partial charge in [-0.3, -0.25) is 4.98 Å². The third-order valence-corrected chi connectivity index (χ3v) is 2.48. The zero-order valence-electron chi connectivity index (χ0n) is 8.54. The number of pyridine rings is 1. The lowest BCUT2D eigenvalue weighted by Gasteiger charge is -2.07. The van der Waals surface area contributed by atoms with E-state index >= 15 is 0 Å². The van der Waals surface area contributed by atoms with Gasteiger partial charge < -0.3 is 5.73 Å². The quantitative estimate of drug-likeness (QED) is 0.742. The molecule has 72 valence electrons. The smallest absolute Gasteiger partial charge is 0.0620 e. The number of fused-ring (bicyclic) bond motifs is 1. The van der Waals surface area contributed by atoms with Gasteiger partial charge in [-0.25, -0.2) is 0 Å². The summed E-state index contributed by atoms with van der Waals surface area (Å²) in [5.74, 6) is 0. The topological polar surface area (TPSA) is 38.9 Å². The Morgan fingerprint density at radius 1 is 1.29 bits per heavy atom. The molecule has 2 heteroatoms. The molecule has 0 atom stereocenters. The van der Waals surface area contributed by atoms with E-state index in [-0.39, 0.29) is 0 Å². The van der Waals surface area contributed by atoms with Crippen molar-refractivity contribution in [2.24, 2.45) is 5.73 Å². The molecule has 0 fully saturated rings. The largest absolute Gasteiger partial charge is 0.325 e. The predicted octanol–water partition coefficient (Wildman–Crippen LogP) is 2.31. The summed E-state index contributed by atoms with van der Waals surface area (Å²) in [4.78, 5) is 4.29. The average molecular weight is 186 g/mol. The highest BCUT2D eigenvalue weighted by Gasteiger charge is 2.03. The summed E-state index contributed by atoms with van der Waals surface area (Å²) >= 11 is 0. The first-order valence-electron chi connectivity index (χ1n) is 4.77. The van der Waals surface area contributed by atoms with Crippen molar-refractivity contribution >= 4 is 10.8 Å². The van der Waals surface area contributed by atoms with E-state index in [2.05, 4.69) is 31.0 Å². The molecular formula is C12H14N2. The van der Waals surface area contributed by atoms with Crippen molar-refractivity contribution in [3.8, 4) is 0 Å². The van der Waals surface area contributed by atoms with Crippen molar-refractivity contribution in [3.05, 3.63) is 41.2 Å². The Hall–Kier alpha value is -1.41. The van der Waals surface area contributed by atoms with Crippen molar-refractivity contribution in [3.63, 3.8) is 0 Å². The Labute approximate surface area is 83.8 Å². The summed E-state index contributed by atoms with van der Waals surface area (Å²) in [5, 5.41) is 2.44. The van der Waals surface area contributed by atoms with Crippen LogP contribution >= 0.6 is 0 Å². The standard InChI is InChI=1S/C12H14N2/c1-8-5-9(2)12-10(6-8)3-4-14-11(12)7-13/h3-6H,7,13H2,1-2H3. The van der Waals surface area contributed by atoms with Gasteiger partial charge >= 0.3 is 0 Å². The molecule has 0 amide bonds. The fourth-order valence-corrected chi connectivity index (χ4v) is 1.95. The van der Waals surface area contributed by atoms with E-state index in [0.717, 1.165) is 5.69 Å². The number of benzene rings is 1. The lowest BCUT2D eigenvalue weighted by molar-refractivity contribution is 1.01. The minimum absolute atomic E-state index is 0.501. The fourth-order valence-electron chi connectivity index (χ4n) is 1.95. The molecule has 0 unspecified atom stereocenters.